The van der Waals surface area contributed by atoms with Crippen LogP contribution in [0.5, 0.6) is 0 Å². The van der Waals surface area contributed by atoms with Crippen molar-refractivity contribution in [3.63, 3.8) is 0 Å². The monoisotopic (exact) mass is 356 g/mol. The second kappa shape index (κ2) is 7.68. The van der Waals surface area contributed by atoms with E-state index < -0.39 is 0 Å². The van der Waals surface area contributed by atoms with Gasteiger partial charge in [0.2, 0.25) is 5.95 Å². The number of nitrogens with one attached hydrogen (secondary N) is 1. The highest BCUT2D eigenvalue weighted by atomic mass is 32.1. The lowest BCUT2D eigenvalue weighted by molar-refractivity contribution is 0.236. The van der Waals surface area contributed by atoms with Crippen molar-refractivity contribution in [2.75, 3.05) is 23.3 Å². The van der Waals surface area contributed by atoms with E-state index in [1.807, 2.05) is 18.4 Å². The minimum absolute atomic E-state index is 0.758. The van der Waals surface area contributed by atoms with E-state index in [9.17, 15) is 0 Å². The zero-order chi connectivity index (χ0) is 17.1. The Bertz CT molecular complexity index is 681. The number of hydrogen-bond acceptors (Lipinski definition) is 6. The Morgan fingerprint density at radius 2 is 2.04 bits per heavy atom. The van der Waals surface area contributed by atoms with Gasteiger partial charge in [-0.25, -0.2) is 9.97 Å². The van der Waals surface area contributed by atoms with Crippen molar-refractivity contribution in [2.24, 2.45) is 11.8 Å². The number of thiazole rings is 1. The van der Waals surface area contributed by atoms with Crippen molar-refractivity contribution in [1.82, 2.24) is 15.0 Å². The number of anilines is 3. The normalized spacial score (nSPS) is 22.1. The number of nitrogens with zero attached hydrogens (tertiary/aromatic N) is 4. The molecule has 0 unspecified atom stereocenters. The fourth-order valence-electron chi connectivity index (χ4n) is 4.14. The molecule has 4 rings (SSSR count). The third kappa shape index (κ3) is 4.11. The van der Waals surface area contributed by atoms with E-state index >= 15 is 0 Å². The molecule has 1 radical (unpaired) electrons. The van der Waals surface area contributed by atoms with Gasteiger partial charge in [0.25, 0.3) is 0 Å². The van der Waals surface area contributed by atoms with Crippen LogP contribution in [0.25, 0.3) is 0 Å². The molecule has 0 bridgehead atoms. The first-order valence-corrected chi connectivity index (χ1v) is 10.2. The van der Waals surface area contributed by atoms with Crippen molar-refractivity contribution in [3.05, 3.63) is 29.8 Å². The lowest BCUT2D eigenvalue weighted by Gasteiger charge is -2.38. The van der Waals surface area contributed by atoms with Crippen LogP contribution in [0.3, 0.4) is 0 Å². The fraction of sp³-hybridized carbons (Fsp3) is 0.579. The largest absolute Gasteiger partial charge is 0.340 e. The molecular formula is C19H26N5S. The summed E-state index contributed by atoms with van der Waals surface area (Å²) in [6.07, 6.45) is 12.5. The van der Waals surface area contributed by atoms with Gasteiger partial charge in [-0.2, -0.15) is 4.98 Å². The number of hydrogen-bond donors (Lipinski definition) is 1. The molecule has 1 atom stereocenters. The summed E-state index contributed by atoms with van der Waals surface area (Å²) in [5.41, 5.74) is 0.990. The number of piperidine rings is 1. The summed E-state index contributed by atoms with van der Waals surface area (Å²) in [7, 11) is 0. The van der Waals surface area contributed by atoms with Gasteiger partial charge < -0.3 is 10.2 Å². The molecule has 25 heavy (non-hydrogen) atoms. The summed E-state index contributed by atoms with van der Waals surface area (Å²) in [5, 5.41) is 6.13. The Balaban J connectivity index is 1.49. The number of rotatable bonds is 4. The van der Waals surface area contributed by atoms with Gasteiger partial charge in [0.05, 0.1) is 0 Å². The molecule has 6 heteroatoms. The summed E-state index contributed by atoms with van der Waals surface area (Å²) in [6.45, 7) is 4.06. The SMILES string of the molecule is Cc1cc(Nc2nccs2)nc(N2C[CH]C[C@@H](C3CCCCC3)C2)n1. The van der Waals surface area contributed by atoms with Crippen LogP contribution in [-0.4, -0.2) is 28.0 Å². The first kappa shape index (κ1) is 16.8. The van der Waals surface area contributed by atoms with Crippen molar-refractivity contribution in [2.45, 2.75) is 45.4 Å². The van der Waals surface area contributed by atoms with Crippen LogP contribution in [0.4, 0.5) is 16.9 Å². The quantitative estimate of drug-likeness (QED) is 0.868. The highest BCUT2D eigenvalue weighted by Gasteiger charge is 2.29. The van der Waals surface area contributed by atoms with E-state index in [0.29, 0.717) is 0 Å². The van der Waals surface area contributed by atoms with Gasteiger partial charge in [-0.1, -0.05) is 32.1 Å². The molecule has 2 aromatic heterocycles. The third-order valence-electron chi connectivity index (χ3n) is 5.38. The maximum Gasteiger partial charge on any atom is 0.227 e. The second-order valence-electron chi connectivity index (χ2n) is 7.24. The van der Waals surface area contributed by atoms with Crippen molar-refractivity contribution >= 4 is 28.2 Å². The van der Waals surface area contributed by atoms with E-state index in [1.54, 1.807) is 17.5 Å². The Labute approximate surface area is 153 Å². The standard InChI is InChI=1S/C19H26N5S/c1-14-12-17(23-19-20-9-11-25-19)22-18(21-14)24-10-5-8-16(13-24)15-6-3-2-4-7-15/h5,9,11-12,15-16H,2-4,6-8,10,13H2,1H3,(H,20,21,22,23)/t16-/m1/s1. The van der Waals surface area contributed by atoms with Gasteiger partial charge in [0.15, 0.2) is 5.13 Å². The average molecular weight is 357 g/mol. The molecule has 1 saturated carbocycles. The second-order valence-corrected chi connectivity index (χ2v) is 8.14. The highest BCUT2D eigenvalue weighted by molar-refractivity contribution is 7.13. The van der Waals surface area contributed by atoms with Gasteiger partial charge >= 0.3 is 0 Å². The summed E-state index contributed by atoms with van der Waals surface area (Å²) in [6, 6.07) is 1.98. The topological polar surface area (TPSA) is 53.9 Å². The van der Waals surface area contributed by atoms with E-state index in [2.05, 4.69) is 21.6 Å². The fourth-order valence-corrected chi connectivity index (χ4v) is 4.68. The van der Waals surface area contributed by atoms with E-state index in [1.165, 1.54) is 38.5 Å². The van der Waals surface area contributed by atoms with Gasteiger partial charge in [0, 0.05) is 36.4 Å². The molecule has 2 fully saturated rings. The summed E-state index contributed by atoms with van der Waals surface area (Å²) >= 11 is 1.58. The average Bonchev–Trinajstić information content (AvgIpc) is 3.15. The maximum atomic E-state index is 4.76. The lowest BCUT2D eigenvalue weighted by Crippen LogP contribution is -2.40. The van der Waals surface area contributed by atoms with Crippen LogP contribution in [0.2, 0.25) is 0 Å². The predicted octanol–water partition coefficient (Wildman–Crippen LogP) is 4.60. The molecule has 0 aromatic carbocycles. The molecule has 133 valence electrons. The molecule has 1 N–H and O–H groups in total. The van der Waals surface area contributed by atoms with Crippen LogP contribution >= 0.6 is 11.3 Å². The van der Waals surface area contributed by atoms with Crippen LogP contribution in [-0.2, 0) is 0 Å². The van der Waals surface area contributed by atoms with Crippen LogP contribution < -0.4 is 10.2 Å². The molecular weight excluding hydrogens is 330 g/mol. The van der Waals surface area contributed by atoms with Crippen LogP contribution in [0.15, 0.2) is 17.6 Å². The molecule has 5 nitrogen and oxygen atoms in total. The van der Waals surface area contributed by atoms with Crippen molar-refractivity contribution < 1.29 is 0 Å². The molecule has 1 aliphatic heterocycles. The molecule has 0 amide bonds. The van der Waals surface area contributed by atoms with Gasteiger partial charge in [-0.15, -0.1) is 11.3 Å². The van der Waals surface area contributed by atoms with E-state index in [4.69, 9.17) is 9.97 Å². The molecule has 2 aliphatic rings. The van der Waals surface area contributed by atoms with Crippen molar-refractivity contribution in [1.29, 1.82) is 0 Å². The van der Waals surface area contributed by atoms with E-state index in [-0.39, 0.29) is 0 Å². The van der Waals surface area contributed by atoms with E-state index in [0.717, 1.165) is 47.5 Å². The van der Waals surface area contributed by atoms with Crippen LogP contribution in [0, 0.1) is 25.2 Å². The zero-order valence-electron chi connectivity index (χ0n) is 14.8. The zero-order valence-corrected chi connectivity index (χ0v) is 15.6. The number of aryl methyl sites for hydroxylation is 1. The number of aromatic nitrogens is 3. The Kier molecular flexibility index (Phi) is 5.15. The molecule has 0 spiro atoms. The molecule has 2 aromatic rings. The summed E-state index contributed by atoms with van der Waals surface area (Å²) in [5.74, 6) is 3.31. The molecule has 3 heterocycles. The Morgan fingerprint density at radius 1 is 1.16 bits per heavy atom. The first-order chi connectivity index (χ1) is 12.3. The minimum atomic E-state index is 0.758. The summed E-state index contributed by atoms with van der Waals surface area (Å²) in [4.78, 5) is 16.1. The first-order valence-electron chi connectivity index (χ1n) is 9.37. The smallest absolute Gasteiger partial charge is 0.227 e. The van der Waals surface area contributed by atoms with Gasteiger partial charge in [-0.3, -0.25) is 0 Å². The Morgan fingerprint density at radius 3 is 2.84 bits per heavy atom. The van der Waals surface area contributed by atoms with Crippen LogP contribution in [0.1, 0.15) is 44.2 Å². The predicted molar refractivity (Wildman–Crippen MR) is 103 cm³/mol. The highest BCUT2D eigenvalue weighted by Crippen LogP contribution is 2.35. The third-order valence-corrected chi connectivity index (χ3v) is 6.07. The lowest BCUT2D eigenvalue weighted by atomic mass is 9.76. The summed E-state index contributed by atoms with van der Waals surface area (Å²) < 4.78 is 0. The molecule has 1 aliphatic carbocycles. The van der Waals surface area contributed by atoms with Gasteiger partial charge in [-0.05, 0) is 31.6 Å². The van der Waals surface area contributed by atoms with Gasteiger partial charge in [0.1, 0.15) is 5.82 Å². The Hall–Kier alpha value is -1.69. The van der Waals surface area contributed by atoms with Crippen molar-refractivity contribution in [3.8, 4) is 0 Å². The maximum absolute atomic E-state index is 4.76. The minimum Gasteiger partial charge on any atom is -0.340 e. The molecule has 1 saturated heterocycles.